The normalized spacial score (nSPS) is 11.8. The maximum atomic E-state index is 14.8. The first-order chi connectivity index (χ1) is 24.7. The number of hydrogen-bond donors (Lipinski definition) is 3. The highest BCUT2D eigenvalue weighted by molar-refractivity contribution is 8.00. The van der Waals surface area contributed by atoms with Gasteiger partial charge in [0.15, 0.2) is 5.13 Å². The molecule has 7 nitrogen and oxygen atoms in total. The van der Waals surface area contributed by atoms with Crippen LogP contribution in [0.3, 0.4) is 0 Å². The molecule has 0 saturated heterocycles. The van der Waals surface area contributed by atoms with Crippen LogP contribution >= 0.6 is 34.7 Å². The van der Waals surface area contributed by atoms with Crippen LogP contribution in [-0.2, 0) is 9.59 Å². The van der Waals surface area contributed by atoms with Gasteiger partial charge in [0.1, 0.15) is 16.8 Å². The van der Waals surface area contributed by atoms with E-state index < -0.39 is 22.9 Å². The predicted molar refractivity (Wildman–Crippen MR) is 204 cm³/mol. The van der Waals surface area contributed by atoms with Gasteiger partial charge in [-0.2, -0.15) is 0 Å². The lowest BCUT2D eigenvalue weighted by Gasteiger charge is -2.17. The lowest BCUT2D eigenvalue weighted by atomic mass is 10.1. The van der Waals surface area contributed by atoms with Gasteiger partial charge in [0.05, 0.1) is 10.7 Å². The molecule has 1 atom stereocenters. The Bertz CT molecular complexity index is 2190. The molecule has 0 radical (unpaired) electrons. The first-order valence-electron chi connectivity index (χ1n) is 15.7. The molecule has 5 aromatic carbocycles. The quantitative estimate of drug-likeness (QED) is 0.0910. The molecule has 254 valence electrons. The third kappa shape index (κ3) is 8.98. The number of nitrogens with one attached hydrogen (secondary N) is 3. The molecule has 3 N–H and O–H groups in total. The average molecular weight is 733 g/mol. The van der Waals surface area contributed by atoms with Crippen molar-refractivity contribution in [3.63, 3.8) is 0 Å². The summed E-state index contributed by atoms with van der Waals surface area (Å²) in [7, 11) is 0. The van der Waals surface area contributed by atoms with Gasteiger partial charge in [-0.1, -0.05) is 103 Å². The zero-order valence-electron chi connectivity index (χ0n) is 27.1. The number of thiazole rings is 1. The fourth-order valence-corrected chi connectivity index (χ4v) is 7.24. The molecule has 0 saturated carbocycles. The van der Waals surface area contributed by atoms with Gasteiger partial charge in [0.25, 0.3) is 11.8 Å². The SMILES string of the molecule is Cc1sc(NC(=O)C(Sc2cccc(NC(=O)/C(=C\c3c(F)cccc3Cl)NC(=O)c3ccccc3)c2)c2ccccc2)nc1-c1ccccc1. The van der Waals surface area contributed by atoms with Gasteiger partial charge in [-0.25, -0.2) is 9.37 Å². The monoisotopic (exact) mass is 732 g/mol. The zero-order valence-corrected chi connectivity index (χ0v) is 29.5. The third-order valence-electron chi connectivity index (χ3n) is 7.58. The van der Waals surface area contributed by atoms with Crippen molar-refractivity contribution < 1.29 is 18.8 Å². The zero-order chi connectivity index (χ0) is 35.7. The fraction of sp³-hybridized carbons (Fsp3) is 0.0500. The minimum Gasteiger partial charge on any atom is -0.321 e. The molecular weight excluding hydrogens is 703 g/mol. The molecule has 0 aliphatic carbocycles. The molecule has 51 heavy (non-hydrogen) atoms. The number of amides is 3. The molecule has 11 heteroatoms. The number of halogens is 2. The molecule has 1 unspecified atom stereocenters. The van der Waals surface area contributed by atoms with Crippen molar-refractivity contribution in [2.75, 3.05) is 10.6 Å². The Hall–Kier alpha value is -5.55. The number of carbonyl (C=O) groups excluding carboxylic acids is 3. The molecule has 0 aliphatic heterocycles. The minimum atomic E-state index is -0.702. The Labute approximate surface area is 307 Å². The van der Waals surface area contributed by atoms with E-state index in [9.17, 15) is 18.8 Å². The molecular formula is C40H30ClFN4O3S2. The number of hydrogen-bond acceptors (Lipinski definition) is 6. The van der Waals surface area contributed by atoms with E-state index in [2.05, 4.69) is 16.0 Å². The van der Waals surface area contributed by atoms with Gasteiger partial charge in [-0.05, 0) is 61.0 Å². The molecule has 0 spiro atoms. The van der Waals surface area contributed by atoms with Crippen LogP contribution in [0.25, 0.3) is 17.3 Å². The molecule has 1 heterocycles. The van der Waals surface area contributed by atoms with E-state index in [1.807, 2.05) is 73.7 Å². The summed E-state index contributed by atoms with van der Waals surface area (Å²) in [6, 6.07) is 38.6. The number of anilines is 2. The second kappa shape index (κ2) is 16.4. The van der Waals surface area contributed by atoms with Crippen LogP contribution in [0.4, 0.5) is 15.2 Å². The highest BCUT2D eigenvalue weighted by Gasteiger charge is 2.24. The second-order valence-corrected chi connectivity index (χ2v) is 14.0. The van der Waals surface area contributed by atoms with Gasteiger partial charge in [0.2, 0.25) is 5.91 Å². The van der Waals surface area contributed by atoms with Crippen molar-refractivity contribution in [3.05, 3.63) is 172 Å². The van der Waals surface area contributed by atoms with Crippen LogP contribution < -0.4 is 16.0 Å². The smallest absolute Gasteiger partial charge is 0.272 e. The van der Waals surface area contributed by atoms with E-state index >= 15 is 0 Å². The molecule has 0 aliphatic rings. The Morgan fingerprint density at radius 1 is 0.824 bits per heavy atom. The summed E-state index contributed by atoms with van der Waals surface area (Å²) >= 11 is 8.97. The number of aryl methyl sites for hydroxylation is 1. The Balaban J connectivity index is 1.24. The summed E-state index contributed by atoms with van der Waals surface area (Å²) < 4.78 is 14.8. The predicted octanol–water partition coefficient (Wildman–Crippen LogP) is 9.79. The van der Waals surface area contributed by atoms with Crippen molar-refractivity contribution in [3.8, 4) is 11.3 Å². The molecule has 0 fully saturated rings. The maximum absolute atomic E-state index is 14.8. The van der Waals surface area contributed by atoms with Crippen LogP contribution in [0, 0.1) is 12.7 Å². The molecule has 6 rings (SSSR count). The van der Waals surface area contributed by atoms with Crippen molar-refractivity contribution in [1.82, 2.24) is 10.3 Å². The number of benzene rings is 5. The lowest BCUT2D eigenvalue weighted by molar-refractivity contribution is -0.116. The standard InChI is InChI=1S/C40H30ClFN4O3S2/c1-25-35(26-13-5-2-6-14-26)45-40(50-25)46-39(49)36(27-15-7-3-8-16-27)51-30-20-11-19-29(23-30)43-38(48)34(24-31-32(41)21-12-22-33(31)42)44-37(47)28-17-9-4-10-18-28/h2-24,36H,1H3,(H,43,48)(H,44,47)(H,45,46,49)/b34-24+. The van der Waals surface area contributed by atoms with E-state index in [0.29, 0.717) is 21.3 Å². The second-order valence-electron chi connectivity index (χ2n) is 11.2. The number of rotatable bonds is 11. The number of aromatic nitrogens is 1. The van der Waals surface area contributed by atoms with Gasteiger partial charge in [0, 0.05) is 32.2 Å². The number of nitrogens with zero attached hydrogens (tertiary/aromatic N) is 1. The van der Waals surface area contributed by atoms with Gasteiger partial charge >= 0.3 is 0 Å². The number of carbonyl (C=O) groups is 3. The maximum Gasteiger partial charge on any atom is 0.272 e. The number of thioether (sulfide) groups is 1. The Morgan fingerprint density at radius 2 is 1.49 bits per heavy atom. The van der Waals surface area contributed by atoms with Crippen molar-refractivity contribution in [2.45, 2.75) is 17.1 Å². The third-order valence-corrected chi connectivity index (χ3v) is 10.0. The molecule has 3 amide bonds. The first kappa shape index (κ1) is 35.3. The Morgan fingerprint density at radius 3 is 2.20 bits per heavy atom. The molecule has 6 aromatic rings. The largest absolute Gasteiger partial charge is 0.321 e. The average Bonchev–Trinajstić information content (AvgIpc) is 3.52. The summed E-state index contributed by atoms with van der Waals surface area (Å²) in [5.74, 6) is -2.18. The molecule has 1 aromatic heterocycles. The van der Waals surface area contributed by atoms with Crippen molar-refractivity contribution in [2.24, 2.45) is 0 Å². The minimum absolute atomic E-state index is 0.0509. The van der Waals surface area contributed by atoms with Gasteiger partial charge in [-0.15, -0.1) is 23.1 Å². The van der Waals surface area contributed by atoms with Crippen molar-refractivity contribution in [1.29, 1.82) is 0 Å². The summed E-state index contributed by atoms with van der Waals surface area (Å²) in [5.41, 5.74) is 2.99. The van der Waals surface area contributed by atoms with E-state index in [1.165, 1.54) is 47.4 Å². The van der Waals surface area contributed by atoms with Gasteiger partial charge in [-0.3, -0.25) is 14.4 Å². The van der Waals surface area contributed by atoms with E-state index in [4.69, 9.17) is 16.6 Å². The Kier molecular flexibility index (Phi) is 11.4. The van der Waals surface area contributed by atoms with Gasteiger partial charge < -0.3 is 16.0 Å². The van der Waals surface area contributed by atoms with E-state index in [-0.39, 0.29) is 22.2 Å². The topological polar surface area (TPSA) is 100 Å². The van der Waals surface area contributed by atoms with Crippen molar-refractivity contribution >= 4 is 69.3 Å². The van der Waals surface area contributed by atoms with Crippen LogP contribution in [0.2, 0.25) is 5.02 Å². The first-order valence-corrected chi connectivity index (χ1v) is 17.8. The summed E-state index contributed by atoms with van der Waals surface area (Å²) in [6.45, 7) is 1.97. The summed E-state index contributed by atoms with van der Waals surface area (Å²) in [6.07, 6.45) is 1.20. The summed E-state index contributed by atoms with van der Waals surface area (Å²) in [5, 5.41) is 8.30. The highest BCUT2D eigenvalue weighted by atomic mass is 35.5. The molecule has 0 bridgehead atoms. The van der Waals surface area contributed by atoms with E-state index in [1.54, 1.807) is 48.5 Å². The fourth-order valence-electron chi connectivity index (χ4n) is 5.10. The summed E-state index contributed by atoms with van der Waals surface area (Å²) in [4.78, 5) is 47.0. The van der Waals surface area contributed by atoms with E-state index in [0.717, 1.165) is 21.7 Å². The van der Waals surface area contributed by atoms with Crippen LogP contribution in [0.5, 0.6) is 0 Å². The highest BCUT2D eigenvalue weighted by Crippen LogP contribution is 2.38. The van der Waals surface area contributed by atoms with Crippen LogP contribution in [0.1, 0.15) is 31.6 Å². The van der Waals surface area contributed by atoms with Crippen LogP contribution in [0.15, 0.2) is 144 Å². The lowest BCUT2D eigenvalue weighted by Crippen LogP contribution is -2.30. The van der Waals surface area contributed by atoms with Crippen LogP contribution in [-0.4, -0.2) is 22.7 Å².